The van der Waals surface area contributed by atoms with Crippen molar-refractivity contribution in [1.29, 1.82) is 0 Å². The van der Waals surface area contributed by atoms with Crippen molar-refractivity contribution in [3.63, 3.8) is 0 Å². The van der Waals surface area contributed by atoms with Crippen LogP contribution in [0.15, 0.2) is 18.2 Å². The van der Waals surface area contributed by atoms with E-state index >= 15 is 0 Å². The monoisotopic (exact) mass is 295 g/mol. The minimum atomic E-state index is -0.319. The molecule has 2 fully saturated rings. The van der Waals surface area contributed by atoms with Gasteiger partial charge in [0.15, 0.2) is 5.79 Å². The van der Waals surface area contributed by atoms with Crippen LogP contribution >= 0.6 is 11.6 Å². The first kappa shape index (κ1) is 14.2. The summed E-state index contributed by atoms with van der Waals surface area (Å²) in [5.74, 6) is 0.187. The van der Waals surface area contributed by atoms with E-state index in [9.17, 15) is 0 Å². The highest BCUT2D eigenvalue weighted by atomic mass is 35.5. The first-order valence-electron chi connectivity index (χ1n) is 7.42. The molecule has 1 aromatic rings. The Bertz CT molecular complexity index is 473. The maximum Gasteiger partial charge on any atom is 0.171 e. The first-order valence-corrected chi connectivity index (χ1v) is 7.80. The molecule has 110 valence electrons. The fraction of sp³-hybridized carbons (Fsp3) is 0.625. The van der Waals surface area contributed by atoms with Crippen molar-refractivity contribution in [1.82, 2.24) is 0 Å². The third-order valence-electron chi connectivity index (χ3n) is 4.32. The Kier molecular flexibility index (Phi) is 3.93. The Morgan fingerprint density at radius 2 is 1.80 bits per heavy atom. The van der Waals surface area contributed by atoms with Crippen LogP contribution < -0.4 is 4.90 Å². The smallest absolute Gasteiger partial charge is 0.171 e. The van der Waals surface area contributed by atoms with Crippen molar-refractivity contribution in [2.75, 3.05) is 31.2 Å². The second-order valence-corrected chi connectivity index (χ2v) is 6.37. The second kappa shape index (κ2) is 5.55. The number of ether oxygens (including phenoxy) is 2. The second-order valence-electron chi connectivity index (χ2n) is 5.96. The third-order valence-corrected chi connectivity index (χ3v) is 4.62. The highest BCUT2D eigenvalue weighted by molar-refractivity contribution is 6.33. The van der Waals surface area contributed by atoms with Gasteiger partial charge < -0.3 is 14.4 Å². The lowest BCUT2D eigenvalue weighted by atomic mass is 10.0. The number of hydrogen-bond acceptors (Lipinski definition) is 3. The molecule has 4 heteroatoms. The lowest BCUT2D eigenvalue weighted by Crippen LogP contribution is -2.45. The van der Waals surface area contributed by atoms with Crippen molar-refractivity contribution in [3.8, 4) is 0 Å². The quantitative estimate of drug-likeness (QED) is 0.828. The fourth-order valence-corrected chi connectivity index (χ4v) is 3.32. The molecule has 0 aromatic heterocycles. The van der Waals surface area contributed by atoms with E-state index in [-0.39, 0.29) is 5.79 Å². The summed E-state index contributed by atoms with van der Waals surface area (Å²) in [4.78, 5) is 2.34. The zero-order valence-electron chi connectivity index (χ0n) is 12.2. The average molecular weight is 296 g/mol. The summed E-state index contributed by atoms with van der Waals surface area (Å²) in [7, 11) is 0. The molecule has 2 saturated heterocycles. The zero-order valence-corrected chi connectivity index (χ0v) is 12.9. The number of nitrogens with zero attached hydrogens (tertiary/aromatic N) is 1. The van der Waals surface area contributed by atoms with Gasteiger partial charge in [0.25, 0.3) is 0 Å². The molecule has 1 aromatic carbocycles. The van der Waals surface area contributed by atoms with Crippen LogP contribution in [0.3, 0.4) is 0 Å². The van der Waals surface area contributed by atoms with E-state index in [2.05, 4.69) is 36.9 Å². The van der Waals surface area contributed by atoms with Crippen molar-refractivity contribution in [2.45, 2.75) is 38.4 Å². The lowest BCUT2D eigenvalue weighted by Gasteiger charge is -2.39. The molecule has 1 spiro atoms. The molecule has 3 nitrogen and oxygen atoms in total. The molecule has 2 aliphatic rings. The molecule has 0 amide bonds. The standard InChI is InChI=1S/C16H22ClNO2/c1-12(2)13-3-4-15(14(17)11-13)18-7-5-16(6-8-18)19-9-10-20-16/h3-4,11-12H,5-10H2,1-2H3. The molecular weight excluding hydrogens is 274 g/mol. The van der Waals surface area contributed by atoms with Gasteiger partial charge in [0, 0.05) is 25.9 Å². The van der Waals surface area contributed by atoms with Gasteiger partial charge >= 0.3 is 0 Å². The van der Waals surface area contributed by atoms with E-state index in [1.54, 1.807) is 0 Å². The predicted octanol–water partition coefficient (Wildman–Crippen LogP) is 3.81. The van der Waals surface area contributed by atoms with Crippen LogP contribution in [0.4, 0.5) is 5.69 Å². The molecule has 0 bridgehead atoms. The highest BCUT2D eigenvalue weighted by Gasteiger charge is 2.40. The summed E-state index contributed by atoms with van der Waals surface area (Å²) in [6, 6.07) is 6.42. The number of benzene rings is 1. The van der Waals surface area contributed by atoms with Gasteiger partial charge in [-0.25, -0.2) is 0 Å². The van der Waals surface area contributed by atoms with E-state index in [0.717, 1.165) is 49.9 Å². The summed E-state index contributed by atoms with van der Waals surface area (Å²) in [6.45, 7) is 7.69. The predicted molar refractivity (Wildman–Crippen MR) is 81.6 cm³/mol. The Hall–Kier alpha value is -0.770. The summed E-state index contributed by atoms with van der Waals surface area (Å²) in [5.41, 5.74) is 2.42. The van der Waals surface area contributed by atoms with Crippen LogP contribution in [-0.4, -0.2) is 32.1 Å². The van der Waals surface area contributed by atoms with Crippen molar-refractivity contribution < 1.29 is 9.47 Å². The largest absolute Gasteiger partial charge is 0.370 e. The molecule has 2 aliphatic heterocycles. The topological polar surface area (TPSA) is 21.7 Å². The number of rotatable bonds is 2. The number of hydrogen-bond donors (Lipinski definition) is 0. The summed E-state index contributed by atoms with van der Waals surface area (Å²) in [5, 5.41) is 0.848. The molecule has 0 unspecified atom stereocenters. The molecule has 0 atom stereocenters. The molecule has 0 saturated carbocycles. The molecule has 3 rings (SSSR count). The molecule has 0 aliphatic carbocycles. The van der Waals surface area contributed by atoms with Crippen LogP contribution in [-0.2, 0) is 9.47 Å². The van der Waals surface area contributed by atoms with Gasteiger partial charge in [-0.15, -0.1) is 0 Å². The minimum absolute atomic E-state index is 0.319. The number of piperidine rings is 1. The van der Waals surface area contributed by atoms with Crippen LogP contribution in [0.25, 0.3) is 0 Å². The van der Waals surface area contributed by atoms with Gasteiger partial charge in [-0.05, 0) is 23.6 Å². The van der Waals surface area contributed by atoms with Crippen molar-refractivity contribution in [2.24, 2.45) is 0 Å². The van der Waals surface area contributed by atoms with E-state index in [0.29, 0.717) is 5.92 Å². The van der Waals surface area contributed by atoms with Gasteiger partial charge in [0.05, 0.1) is 23.9 Å². The SMILES string of the molecule is CC(C)c1ccc(N2CCC3(CC2)OCCO3)c(Cl)c1. The fourth-order valence-electron chi connectivity index (χ4n) is 3.01. The Morgan fingerprint density at radius 3 is 2.35 bits per heavy atom. The lowest BCUT2D eigenvalue weighted by molar-refractivity contribution is -0.169. The normalized spacial score (nSPS) is 21.9. The van der Waals surface area contributed by atoms with Crippen molar-refractivity contribution in [3.05, 3.63) is 28.8 Å². The van der Waals surface area contributed by atoms with Gasteiger partial charge in [0.1, 0.15) is 0 Å². The average Bonchev–Trinajstić information content (AvgIpc) is 2.88. The van der Waals surface area contributed by atoms with E-state index in [1.807, 2.05) is 0 Å². The van der Waals surface area contributed by atoms with E-state index in [4.69, 9.17) is 21.1 Å². The summed E-state index contributed by atoms with van der Waals surface area (Å²) >= 11 is 6.45. The molecule has 0 radical (unpaired) electrons. The van der Waals surface area contributed by atoms with Gasteiger partial charge in [-0.3, -0.25) is 0 Å². The zero-order chi connectivity index (χ0) is 14.2. The Labute approximate surface area is 125 Å². The van der Waals surface area contributed by atoms with E-state index < -0.39 is 0 Å². The van der Waals surface area contributed by atoms with Gasteiger partial charge in [-0.1, -0.05) is 31.5 Å². The van der Waals surface area contributed by atoms with Crippen LogP contribution in [0, 0.1) is 0 Å². The molecular formula is C16H22ClNO2. The van der Waals surface area contributed by atoms with Crippen LogP contribution in [0.2, 0.25) is 5.02 Å². The van der Waals surface area contributed by atoms with Gasteiger partial charge in [-0.2, -0.15) is 0 Å². The molecule has 20 heavy (non-hydrogen) atoms. The highest BCUT2D eigenvalue weighted by Crippen LogP contribution is 2.36. The van der Waals surface area contributed by atoms with Gasteiger partial charge in [0.2, 0.25) is 0 Å². The number of halogens is 1. The number of anilines is 1. The van der Waals surface area contributed by atoms with Crippen LogP contribution in [0.5, 0.6) is 0 Å². The molecule has 0 N–H and O–H groups in total. The maximum atomic E-state index is 6.45. The van der Waals surface area contributed by atoms with E-state index in [1.165, 1.54) is 5.56 Å². The minimum Gasteiger partial charge on any atom is -0.370 e. The Balaban J connectivity index is 1.71. The van der Waals surface area contributed by atoms with Crippen LogP contribution in [0.1, 0.15) is 38.2 Å². The molecule has 2 heterocycles. The van der Waals surface area contributed by atoms with Crippen molar-refractivity contribution >= 4 is 17.3 Å². The maximum absolute atomic E-state index is 6.45. The summed E-state index contributed by atoms with van der Waals surface area (Å²) in [6.07, 6.45) is 1.82. The Morgan fingerprint density at radius 1 is 1.15 bits per heavy atom. The third kappa shape index (κ3) is 2.67. The summed E-state index contributed by atoms with van der Waals surface area (Å²) < 4.78 is 11.5. The first-order chi connectivity index (χ1) is 9.60.